The van der Waals surface area contributed by atoms with Crippen molar-refractivity contribution in [3.05, 3.63) is 12.2 Å². The molecule has 0 spiro atoms. The van der Waals surface area contributed by atoms with Crippen molar-refractivity contribution in [2.45, 2.75) is 6.42 Å². The highest BCUT2D eigenvalue weighted by molar-refractivity contribution is 7.99. The van der Waals surface area contributed by atoms with Crippen molar-refractivity contribution in [2.24, 2.45) is 0 Å². The van der Waals surface area contributed by atoms with E-state index in [1.807, 2.05) is 0 Å². The van der Waals surface area contributed by atoms with E-state index in [2.05, 4.69) is 11.9 Å². The zero-order valence-electron chi connectivity index (χ0n) is 8.16. The highest BCUT2D eigenvalue weighted by atomic mass is 32.2. The standard InChI is InChI=1S/C9H17NO3S/c1-8(9(12)13)7-10-3-6-14-5-2-4-11/h10-11H,1-7H2,(H,12,13). The molecule has 0 aromatic rings. The normalized spacial score (nSPS) is 10.1. The molecule has 0 aliphatic carbocycles. The van der Waals surface area contributed by atoms with Crippen LogP contribution in [0.4, 0.5) is 0 Å². The second kappa shape index (κ2) is 9.05. The number of carboxylic acids is 1. The van der Waals surface area contributed by atoms with Crippen molar-refractivity contribution < 1.29 is 15.0 Å². The summed E-state index contributed by atoms with van der Waals surface area (Å²) in [4.78, 5) is 10.3. The first kappa shape index (κ1) is 13.5. The summed E-state index contributed by atoms with van der Waals surface area (Å²) < 4.78 is 0. The van der Waals surface area contributed by atoms with Crippen molar-refractivity contribution in [2.75, 3.05) is 31.2 Å². The van der Waals surface area contributed by atoms with Crippen molar-refractivity contribution in [3.8, 4) is 0 Å². The third kappa shape index (κ3) is 8.10. The number of rotatable bonds is 9. The summed E-state index contributed by atoms with van der Waals surface area (Å²) in [7, 11) is 0. The molecule has 0 saturated carbocycles. The lowest BCUT2D eigenvalue weighted by molar-refractivity contribution is -0.132. The van der Waals surface area contributed by atoms with Crippen LogP contribution < -0.4 is 5.32 Å². The van der Waals surface area contributed by atoms with Crippen LogP contribution in [0.2, 0.25) is 0 Å². The minimum Gasteiger partial charge on any atom is -0.478 e. The van der Waals surface area contributed by atoms with Gasteiger partial charge in [-0.15, -0.1) is 0 Å². The lowest BCUT2D eigenvalue weighted by Crippen LogP contribution is -2.22. The van der Waals surface area contributed by atoms with E-state index in [-0.39, 0.29) is 12.2 Å². The topological polar surface area (TPSA) is 69.6 Å². The molecule has 0 fully saturated rings. The fourth-order valence-electron chi connectivity index (χ4n) is 0.728. The molecule has 0 aromatic carbocycles. The quantitative estimate of drug-likeness (QED) is 0.385. The summed E-state index contributed by atoms with van der Waals surface area (Å²) in [6, 6.07) is 0. The lowest BCUT2D eigenvalue weighted by Gasteiger charge is -2.03. The molecule has 0 heterocycles. The molecule has 0 aromatic heterocycles. The molecule has 5 heteroatoms. The Hall–Kier alpha value is -0.520. The first-order valence-corrected chi connectivity index (χ1v) is 5.64. The van der Waals surface area contributed by atoms with E-state index in [1.165, 1.54) is 0 Å². The zero-order valence-corrected chi connectivity index (χ0v) is 8.98. The first-order valence-electron chi connectivity index (χ1n) is 4.49. The Morgan fingerprint density at radius 2 is 2.14 bits per heavy atom. The molecule has 82 valence electrons. The maximum Gasteiger partial charge on any atom is 0.332 e. The Morgan fingerprint density at radius 3 is 2.71 bits per heavy atom. The molecule has 0 bridgehead atoms. The van der Waals surface area contributed by atoms with Crippen LogP contribution in [0.15, 0.2) is 12.2 Å². The number of aliphatic carboxylic acids is 1. The maximum atomic E-state index is 10.3. The summed E-state index contributed by atoms with van der Waals surface area (Å²) in [5.41, 5.74) is 0.186. The number of thioether (sulfide) groups is 1. The molecular formula is C9H17NO3S. The van der Waals surface area contributed by atoms with E-state index in [9.17, 15) is 4.79 Å². The zero-order chi connectivity index (χ0) is 10.8. The molecule has 3 N–H and O–H groups in total. The predicted molar refractivity (Wildman–Crippen MR) is 58.7 cm³/mol. The third-order valence-electron chi connectivity index (χ3n) is 1.51. The molecule has 0 unspecified atom stereocenters. The van der Waals surface area contributed by atoms with Crippen molar-refractivity contribution in [1.29, 1.82) is 0 Å². The number of aliphatic hydroxyl groups excluding tert-OH is 1. The van der Waals surface area contributed by atoms with Gasteiger partial charge in [-0.05, 0) is 12.2 Å². The average Bonchev–Trinajstić information content (AvgIpc) is 2.16. The molecule has 0 amide bonds. The van der Waals surface area contributed by atoms with Crippen LogP contribution in [0.5, 0.6) is 0 Å². The number of hydrogen-bond acceptors (Lipinski definition) is 4. The molecule has 0 saturated heterocycles. The Balaban J connectivity index is 3.13. The van der Waals surface area contributed by atoms with Gasteiger partial charge in [-0.25, -0.2) is 4.79 Å². The van der Waals surface area contributed by atoms with Gasteiger partial charge in [0.1, 0.15) is 0 Å². The average molecular weight is 219 g/mol. The van der Waals surface area contributed by atoms with Crippen LogP contribution in [0.3, 0.4) is 0 Å². The van der Waals surface area contributed by atoms with Crippen molar-refractivity contribution in [3.63, 3.8) is 0 Å². The summed E-state index contributed by atoms with van der Waals surface area (Å²) >= 11 is 1.74. The molecule has 14 heavy (non-hydrogen) atoms. The Morgan fingerprint density at radius 1 is 1.43 bits per heavy atom. The second-order valence-electron chi connectivity index (χ2n) is 2.78. The molecule has 4 nitrogen and oxygen atoms in total. The number of nitrogens with one attached hydrogen (secondary N) is 1. The summed E-state index contributed by atoms with van der Waals surface area (Å²) in [6.07, 6.45) is 0.812. The van der Waals surface area contributed by atoms with E-state index >= 15 is 0 Å². The maximum absolute atomic E-state index is 10.3. The first-order chi connectivity index (χ1) is 6.68. The number of carboxylic acid groups (broad SMARTS) is 1. The molecule has 0 aliphatic rings. The molecule has 0 aliphatic heterocycles. The highest BCUT2D eigenvalue weighted by Gasteiger charge is 2.01. The van der Waals surface area contributed by atoms with Gasteiger partial charge in [0, 0.05) is 31.0 Å². The molecule has 0 rings (SSSR count). The largest absolute Gasteiger partial charge is 0.478 e. The highest BCUT2D eigenvalue weighted by Crippen LogP contribution is 2.00. The van der Waals surface area contributed by atoms with Gasteiger partial charge < -0.3 is 15.5 Å². The van der Waals surface area contributed by atoms with Crippen molar-refractivity contribution in [1.82, 2.24) is 5.32 Å². The Labute approximate surface area is 88.4 Å². The molecular weight excluding hydrogens is 202 g/mol. The Bertz CT molecular complexity index is 185. The summed E-state index contributed by atoms with van der Waals surface area (Å²) in [5, 5.41) is 20.0. The van der Waals surface area contributed by atoms with E-state index < -0.39 is 5.97 Å². The smallest absolute Gasteiger partial charge is 0.332 e. The van der Waals surface area contributed by atoms with Gasteiger partial charge in [-0.3, -0.25) is 0 Å². The number of aliphatic hydroxyl groups is 1. The summed E-state index contributed by atoms with van der Waals surface area (Å²) in [5.74, 6) is 0.913. The monoisotopic (exact) mass is 219 g/mol. The molecule has 0 atom stereocenters. The van der Waals surface area contributed by atoms with Crippen LogP contribution >= 0.6 is 11.8 Å². The van der Waals surface area contributed by atoms with Crippen LogP contribution in [-0.4, -0.2) is 47.4 Å². The van der Waals surface area contributed by atoms with E-state index in [0.29, 0.717) is 6.54 Å². The fraction of sp³-hybridized carbons (Fsp3) is 0.667. The molecule has 0 radical (unpaired) electrons. The third-order valence-corrected chi connectivity index (χ3v) is 2.58. The fourth-order valence-corrected chi connectivity index (χ4v) is 1.55. The van der Waals surface area contributed by atoms with Crippen LogP contribution in [0.1, 0.15) is 6.42 Å². The minimum absolute atomic E-state index is 0.186. The van der Waals surface area contributed by atoms with E-state index in [4.69, 9.17) is 10.2 Å². The predicted octanol–water partition coefficient (Wildman–Crippen LogP) is 0.332. The minimum atomic E-state index is -0.953. The lowest BCUT2D eigenvalue weighted by atomic mass is 10.3. The number of carbonyl (C=O) groups is 1. The van der Waals surface area contributed by atoms with Gasteiger partial charge in [-0.2, -0.15) is 11.8 Å². The van der Waals surface area contributed by atoms with Crippen LogP contribution in [0.25, 0.3) is 0 Å². The van der Waals surface area contributed by atoms with Gasteiger partial charge in [0.2, 0.25) is 0 Å². The van der Waals surface area contributed by atoms with Gasteiger partial charge in [0.25, 0.3) is 0 Å². The van der Waals surface area contributed by atoms with Gasteiger partial charge >= 0.3 is 5.97 Å². The summed E-state index contributed by atoms with van der Waals surface area (Å²) in [6.45, 7) is 4.73. The van der Waals surface area contributed by atoms with E-state index in [1.54, 1.807) is 11.8 Å². The van der Waals surface area contributed by atoms with Crippen LogP contribution in [-0.2, 0) is 4.79 Å². The van der Waals surface area contributed by atoms with Crippen LogP contribution in [0, 0.1) is 0 Å². The van der Waals surface area contributed by atoms with E-state index in [0.717, 1.165) is 24.5 Å². The van der Waals surface area contributed by atoms with Gasteiger partial charge in [0.05, 0.1) is 0 Å². The second-order valence-corrected chi connectivity index (χ2v) is 4.00. The number of hydrogen-bond donors (Lipinski definition) is 3. The van der Waals surface area contributed by atoms with Gasteiger partial charge in [0.15, 0.2) is 0 Å². The SMILES string of the molecule is C=C(CNCCSCCCO)C(=O)O. The van der Waals surface area contributed by atoms with Gasteiger partial charge in [-0.1, -0.05) is 6.58 Å². The Kier molecular flexibility index (Phi) is 8.72. The van der Waals surface area contributed by atoms with Crippen molar-refractivity contribution >= 4 is 17.7 Å².